The lowest BCUT2D eigenvalue weighted by Crippen LogP contribution is -2.63. The Labute approximate surface area is 130 Å². The van der Waals surface area contributed by atoms with Gasteiger partial charge in [0, 0.05) is 11.6 Å². The molecule has 4 nitrogen and oxygen atoms in total. The normalized spacial score (nSPS) is 23.9. The number of nitrogens with zero attached hydrogens (tertiary/aromatic N) is 1. The highest BCUT2D eigenvalue weighted by Gasteiger charge is 2.39. The highest BCUT2D eigenvalue weighted by molar-refractivity contribution is 6.30. The highest BCUT2D eigenvalue weighted by Crippen LogP contribution is 2.21. The third-order valence-corrected chi connectivity index (χ3v) is 4.38. The Balaban J connectivity index is 2.22. The van der Waals surface area contributed by atoms with Gasteiger partial charge in [0.2, 0.25) is 11.8 Å². The summed E-state index contributed by atoms with van der Waals surface area (Å²) in [5.41, 5.74) is 0.931. The van der Waals surface area contributed by atoms with Crippen LogP contribution in [-0.4, -0.2) is 28.8 Å². The van der Waals surface area contributed by atoms with Gasteiger partial charge in [-0.1, -0.05) is 44.0 Å². The number of amides is 2. The molecule has 0 radical (unpaired) electrons. The van der Waals surface area contributed by atoms with Crippen LogP contribution in [0.3, 0.4) is 0 Å². The molecule has 1 aromatic rings. The molecule has 3 unspecified atom stereocenters. The summed E-state index contributed by atoms with van der Waals surface area (Å²) in [5, 5.41) is 3.47. The Kier molecular flexibility index (Phi) is 4.88. The predicted octanol–water partition coefficient (Wildman–Crippen LogP) is 2.60. The van der Waals surface area contributed by atoms with Crippen molar-refractivity contribution < 1.29 is 9.59 Å². The van der Waals surface area contributed by atoms with E-state index in [-0.39, 0.29) is 17.7 Å². The minimum atomic E-state index is -0.461. The molecular weight excluding hydrogens is 288 g/mol. The molecule has 1 N–H and O–H groups in total. The first kappa shape index (κ1) is 15.8. The Hall–Kier alpha value is -1.55. The first-order chi connectivity index (χ1) is 9.93. The van der Waals surface area contributed by atoms with Crippen molar-refractivity contribution in [3.63, 3.8) is 0 Å². The second-order valence-electron chi connectivity index (χ2n) is 5.64. The average Bonchev–Trinajstić information content (AvgIpc) is 2.46. The maximum absolute atomic E-state index is 12.6. The SMILES string of the molecule is CCC(C)C1NC(=O)C(C)N(Cc2cccc(Cl)c2)C1=O. The van der Waals surface area contributed by atoms with Gasteiger partial charge in [-0.2, -0.15) is 0 Å². The summed E-state index contributed by atoms with van der Waals surface area (Å²) in [6.07, 6.45) is 0.843. The van der Waals surface area contributed by atoms with Crippen molar-refractivity contribution in [2.45, 2.75) is 45.8 Å². The number of carbonyl (C=O) groups is 2. The molecule has 2 rings (SSSR count). The number of hydrogen-bond donors (Lipinski definition) is 1. The fourth-order valence-electron chi connectivity index (χ4n) is 2.51. The maximum atomic E-state index is 12.6. The van der Waals surface area contributed by atoms with Crippen LogP contribution in [0.5, 0.6) is 0 Å². The van der Waals surface area contributed by atoms with E-state index in [0.29, 0.717) is 11.6 Å². The zero-order valence-electron chi connectivity index (χ0n) is 12.6. The number of nitrogens with one attached hydrogen (secondary N) is 1. The van der Waals surface area contributed by atoms with Gasteiger partial charge in [0.15, 0.2) is 0 Å². The monoisotopic (exact) mass is 308 g/mol. The molecule has 3 atom stereocenters. The van der Waals surface area contributed by atoms with E-state index in [0.717, 1.165) is 12.0 Å². The van der Waals surface area contributed by atoms with Gasteiger partial charge < -0.3 is 10.2 Å². The Morgan fingerprint density at radius 3 is 2.71 bits per heavy atom. The molecule has 5 heteroatoms. The van der Waals surface area contributed by atoms with E-state index in [1.807, 2.05) is 32.0 Å². The maximum Gasteiger partial charge on any atom is 0.246 e. The van der Waals surface area contributed by atoms with E-state index in [2.05, 4.69) is 5.32 Å². The largest absolute Gasteiger partial charge is 0.342 e. The van der Waals surface area contributed by atoms with Crippen molar-refractivity contribution in [2.75, 3.05) is 0 Å². The fraction of sp³-hybridized carbons (Fsp3) is 0.500. The molecular formula is C16H21ClN2O2. The Morgan fingerprint density at radius 2 is 2.10 bits per heavy atom. The second kappa shape index (κ2) is 6.48. The van der Waals surface area contributed by atoms with Gasteiger partial charge in [-0.05, 0) is 30.5 Å². The van der Waals surface area contributed by atoms with Gasteiger partial charge >= 0.3 is 0 Å². The smallest absolute Gasteiger partial charge is 0.246 e. The summed E-state index contributed by atoms with van der Waals surface area (Å²) in [4.78, 5) is 26.4. The second-order valence-corrected chi connectivity index (χ2v) is 6.08. The van der Waals surface area contributed by atoms with Crippen LogP contribution in [-0.2, 0) is 16.1 Å². The zero-order valence-corrected chi connectivity index (χ0v) is 13.4. The van der Waals surface area contributed by atoms with E-state index in [1.54, 1.807) is 17.9 Å². The molecule has 0 bridgehead atoms. The number of benzene rings is 1. The van der Waals surface area contributed by atoms with Gasteiger partial charge in [0.05, 0.1) is 0 Å². The number of rotatable bonds is 4. The van der Waals surface area contributed by atoms with Crippen LogP contribution < -0.4 is 5.32 Å². The van der Waals surface area contributed by atoms with Gasteiger partial charge in [-0.25, -0.2) is 0 Å². The van der Waals surface area contributed by atoms with Crippen molar-refractivity contribution in [1.82, 2.24) is 10.2 Å². The molecule has 1 heterocycles. The molecule has 0 spiro atoms. The van der Waals surface area contributed by atoms with Crippen LogP contribution in [0.1, 0.15) is 32.8 Å². The van der Waals surface area contributed by atoms with Crippen LogP contribution >= 0.6 is 11.6 Å². The van der Waals surface area contributed by atoms with Crippen molar-refractivity contribution in [2.24, 2.45) is 5.92 Å². The number of carbonyl (C=O) groups excluding carboxylic acids is 2. The number of piperazine rings is 1. The first-order valence-electron chi connectivity index (χ1n) is 7.29. The third-order valence-electron chi connectivity index (χ3n) is 4.15. The molecule has 114 valence electrons. The third kappa shape index (κ3) is 3.38. The van der Waals surface area contributed by atoms with Gasteiger partial charge in [-0.15, -0.1) is 0 Å². The van der Waals surface area contributed by atoms with E-state index < -0.39 is 12.1 Å². The van der Waals surface area contributed by atoms with E-state index in [1.165, 1.54) is 0 Å². The van der Waals surface area contributed by atoms with Gasteiger partial charge in [0.25, 0.3) is 0 Å². The van der Waals surface area contributed by atoms with E-state index >= 15 is 0 Å². The van der Waals surface area contributed by atoms with Crippen LogP contribution in [0.25, 0.3) is 0 Å². The molecule has 1 aromatic carbocycles. The van der Waals surface area contributed by atoms with Crippen molar-refractivity contribution >= 4 is 23.4 Å². The lowest BCUT2D eigenvalue weighted by Gasteiger charge is -2.39. The van der Waals surface area contributed by atoms with Gasteiger partial charge in [-0.3, -0.25) is 9.59 Å². The highest BCUT2D eigenvalue weighted by atomic mass is 35.5. The summed E-state index contributed by atoms with van der Waals surface area (Å²) in [6.45, 7) is 6.16. The summed E-state index contributed by atoms with van der Waals surface area (Å²) in [6, 6.07) is 6.49. The van der Waals surface area contributed by atoms with Crippen molar-refractivity contribution in [1.29, 1.82) is 0 Å². The quantitative estimate of drug-likeness (QED) is 0.929. The molecule has 0 aromatic heterocycles. The Morgan fingerprint density at radius 1 is 1.38 bits per heavy atom. The van der Waals surface area contributed by atoms with E-state index in [9.17, 15) is 9.59 Å². The Bertz CT molecular complexity index is 547. The van der Waals surface area contributed by atoms with Crippen LogP contribution in [0.15, 0.2) is 24.3 Å². The topological polar surface area (TPSA) is 49.4 Å². The van der Waals surface area contributed by atoms with Crippen molar-refractivity contribution in [3.8, 4) is 0 Å². The van der Waals surface area contributed by atoms with Gasteiger partial charge in [0.1, 0.15) is 12.1 Å². The average molecular weight is 309 g/mol. The van der Waals surface area contributed by atoms with Crippen molar-refractivity contribution in [3.05, 3.63) is 34.9 Å². The molecule has 2 amide bonds. The molecule has 0 saturated carbocycles. The van der Waals surface area contributed by atoms with Crippen LogP contribution in [0.4, 0.5) is 0 Å². The lowest BCUT2D eigenvalue weighted by molar-refractivity contribution is -0.150. The molecule has 0 aliphatic carbocycles. The summed E-state index contributed by atoms with van der Waals surface area (Å²) in [5.74, 6) is 0.00849. The van der Waals surface area contributed by atoms with Crippen LogP contribution in [0.2, 0.25) is 5.02 Å². The molecule has 1 fully saturated rings. The molecule has 1 saturated heterocycles. The van der Waals surface area contributed by atoms with Crippen LogP contribution in [0, 0.1) is 5.92 Å². The summed E-state index contributed by atoms with van der Waals surface area (Å²) in [7, 11) is 0. The lowest BCUT2D eigenvalue weighted by atomic mass is 9.94. The minimum absolute atomic E-state index is 0.0172. The predicted molar refractivity (Wildman–Crippen MR) is 82.8 cm³/mol. The minimum Gasteiger partial charge on any atom is -0.342 e. The molecule has 1 aliphatic heterocycles. The summed E-state index contributed by atoms with van der Waals surface area (Å²) >= 11 is 5.98. The summed E-state index contributed by atoms with van der Waals surface area (Å²) < 4.78 is 0. The molecule has 21 heavy (non-hydrogen) atoms. The molecule has 1 aliphatic rings. The zero-order chi connectivity index (χ0) is 15.6. The number of hydrogen-bond acceptors (Lipinski definition) is 2. The van der Waals surface area contributed by atoms with E-state index in [4.69, 9.17) is 11.6 Å². The number of halogens is 1. The first-order valence-corrected chi connectivity index (χ1v) is 7.67. The fourth-order valence-corrected chi connectivity index (χ4v) is 2.73. The standard InChI is InChI=1S/C16H21ClN2O2/c1-4-10(2)14-16(21)19(11(3)15(20)18-14)9-12-6-5-7-13(17)8-12/h5-8,10-11,14H,4,9H2,1-3H3,(H,18,20).